The highest BCUT2D eigenvalue weighted by Crippen LogP contribution is 2.29. The molecule has 1 saturated heterocycles. The quantitative estimate of drug-likeness (QED) is 0.877. The zero-order chi connectivity index (χ0) is 12.7. The van der Waals surface area contributed by atoms with E-state index >= 15 is 0 Å². The molecule has 1 N–H and O–H groups in total. The van der Waals surface area contributed by atoms with E-state index in [1.165, 1.54) is 35.0 Å². The smallest absolute Gasteiger partial charge is 0.0483 e. The van der Waals surface area contributed by atoms with Crippen molar-refractivity contribution in [1.82, 2.24) is 9.88 Å². The van der Waals surface area contributed by atoms with Gasteiger partial charge in [0.1, 0.15) is 0 Å². The van der Waals surface area contributed by atoms with Gasteiger partial charge in [-0.05, 0) is 56.5 Å². The average Bonchev–Trinajstić information content (AvgIpc) is 2.93. The summed E-state index contributed by atoms with van der Waals surface area (Å²) in [6.45, 7) is 3.37. The highest BCUT2D eigenvalue weighted by atomic mass is 35.5. The third-order valence-corrected chi connectivity index (χ3v) is 4.43. The molecule has 1 fully saturated rings. The molecular formula is C15H19ClN2. The molecule has 1 aliphatic rings. The maximum Gasteiger partial charge on any atom is 0.0483 e. The number of fused-ring (bicyclic) bond motifs is 1. The summed E-state index contributed by atoms with van der Waals surface area (Å²) in [6.07, 6.45) is 3.70. The molecular weight excluding hydrogens is 244 g/mol. The van der Waals surface area contributed by atoms with Crippen molar-refractivity contribution in [3.05, 3.63) is 34.5 Å². The van der Waals surface area contributed by atoms with Crippen molar-refractivity contribution in [2.24, 2.45) is 7.05 Å². The van der Waals surface area contributed by atoms with E-state index in [-0.39, 0.29) is 0 Å². The molecule has 3 rings (SSSR count). The summed E-state index contributed by atoms with van der Waals surface area (Å²) < 4.78 is 2.27. The molecule has 0 spiro atoms. The van der Waals surface area contributed by atoms with E-state index in [0.29, 0.717) is 6.04 Å². The fourth-order valence-electron chi connectivity index (χ4n) is 3.06. The molecule has 0 bridgehead atoms. The molecule has 0 saturated carbocycles. The Bertz CT molecular complexity index is 580. The minimum Gasteiger partial charge on any atom is -0.348 e. The van der Waals surface area contributed by atoms with Crippen LogP contribution in [0.5, 0.6) is 0 Å². The lowest BCUT2D eigenvalue weighted by Crippen LogP contribution is -2.23. The van der Waals surface area contributed by atoms with Crippen LogP contribution in [-0.4, -0.2) is 17.2 Å². The molecule has 1 unspecified atom stereocenters. The predicted octanol–water partition coefficient (Wildman–Crippen LogP) is 3.43. The van der Waals surface area contributed by atoms with Gasteiger partial charge in [0.15, 0.2) is 0 Å². The van der Waals surface area contributed by atoms with E-state index < -0.39 is 0 Å². The van der Waals surface area contributed by atoms with Gasteiger partial charge in [-0.3, -0.25) is 0 Å². The molecule has 18 heavy (non-hydrogen) atoms. The lowest BCUT2D eigenvalue weighted by molar-refractivity contribution is 0.602. The second-order valence-electron chi connectivity index (χ2n) is 5.28. The highest BCUT2D eigenvalue weighted by molar-refractivity contribution is 6.31. The molecule has 1 atom stereocenters. The first-order valence-electron chi connectivity index (χ1n) is 6.63. The minimum atomic E-state index is 0.633. The Labute approximate surface area is 113 Å². The Morgan fingerprint density at radius 3 is 3.00 bits per heavy atom. The van der Waals surface area contributed by atoms with Gasteiger partial charge in [0.2, 0.25) is 0 Å². The highest BCUT2D eigenvalue weighted by Gasteiger charge is 2.19. The summed E-state index contributed by atoms with van der Waals surface area (Å²) in [6, 6.07) is 6.83. The van der Waals surface area contributed by atoms with Crippen LogP contribution in [0.4, 0.5) is 0 Å². The van der Waals surface area contributed by atoms with Gasteiger partial charge in [-0.2, -0.15) is 0 Å². The van der Waals surface area contributed by atoms with Crippen LogP contribution in [0.2, 0.25) is 5.02 Å². The first kappa shape index (κ1) is 12.1. The predicted molar refractivity (Wildman–Crippen MR) is 77.4 cm³/mol. The van der Waals surface area contributed by atoms with Crippen LogP contribution in [-0.2, 0) is 13.5 Å². The Morgan fingerprint density at radius 1 is 1.44 bits per heavy atom. The van der Waals surface area contributed by atoms with Crippen molar-refractivity contribution >= 4 is 22.5 Å². The Morgan fingerprint density at radius 2 is 2.28 bits per heavy atom. The zero-order valence-electron chi connectivity index (χ0n) is 11.0. The van der Waals surface area contributed by atoms with E-state index in [1.54, 1.807) is 0 Å². The van der Waals surface area contributed by atoms with E-state index in [2.05, 4.69) is 36.0 Å². The normalized spacial score (nSPS) is 19.8. The Hall–Kier alpha value is -0.990. The van der Waals surface area contributed by atoms with E-state index in [9.17, 15) is 0 Å². The van der Waals surface area contributed by atoms with Gasteiger partial charge >= 0.3 is 0 Å². The lowest BCUT2D eigenvalue weighted by atomic mass is 10.0. The second kappa shape index (κ2) is 4.60. The van der Waals surface area contributed by atoms with Crippen molar-refractivity contribution in [2.45, 2.75) is 32.2 Å². The molecule has 2 aromatic rings. The summed E-state index contributed by atoms with van der Waals surface area (Å²) in [7, 11) is 2.14. The Kier molecular flexibility index (Phi) is 3.08. The second-order valence-corrected chi connectivity index (χ2v) is 5.72. The van der Waals surface area contributed by atoms with E-state index in [0.717, 1.165) is 18.0 Å². The molecule has 96 valence electrons. The van der Waals surface area contributed by atoms with Crippen LogP contribution in [0.15, 0.2) is 18.2 Å². The third kappa shape index (κ3) is 1.94. The maximum absolute atomic E-state index is 6.14. The van der Waals surface area contributed by atoms with Crippen molar-refractivity contribution in [3.63, 3.8) is 0 Å². The Balaban J connectivity index is 2.08. The molecule has 1 aliphatic heterocycles. The summed E-state index contributed by atoms with van der Waals surface area (Å²) in [5.41, 5.74) is 4.10. The first-order valence-corrected chi connectivity index (χ1v) is 7.01. The number of halogens is 1. The van der Waals surface area contributed by atoms with Crippen LogP contribution >= 0.6 is 11.6 Å². The number of nitrogens with one attached hydrogen (secondary N) is 1. The maximum atomic E-state index is 6.14. The molecule has 0 radical (unpaired) electrons. The van der Waals surface area contributed by atoms with Crippen LogP contribution in [0.3, 0.4) is 0 Å². The molecule has 1 aromatic carbocycles. The summed E-state index contributed by atoms with van der Waals surface area (Å²) in [5, 5.41) is 5.72. The van der Waals surface area contributed by atoms with Crippen LogP contribution in [0, 0.1) is 6.92 Å². The monoisotopic (exact) mass is 262 g/mol. The minimum absolute atomic E-state index is 0.633. The van der Waals surface area contributed by atoms with Gasteiger partial charge in [0.25, 0.3) is 0 Å². The van der Waals surface area contributed by atoms with Gasteiger partial charge in [-0.25, -0.2) is 0 Å². The lowest BCUT2D eigenvalue weighted by Gasteiger charge is -2.10. The van der Waals surface area contributed by atoms with Gasteiger partial charge in [0, 0.05) is 34.7 Å². The van der Waals surface area contributed by atoms with Crippen molar-refractivity contribution in [2.75, 3.05) is 6.54 Å². The van der Waals surface area contributed by atoms with Crippen LogP contribution in [0.25, 0.3) is 10.9 Å². The summed E-state index contributed by atoms with van der Waals surface area (Å²) >= 11 is 6.14. The largest absolute Gasteiger partial charge is 0.348 e. The molecule has 0 amide bonds. The van der Waals surface area contributed by atoms with E-state index in [1.807, 2.05) is 6.07 Å². The molecule has 2 heterocycles. The number of aryl methyl sites for hydroxylation is 1. The summed E-state index contributed by atoms with van der Waals surface area (Å²) in [5.74, 6) is 0. The summed E-state index contributed by atoms with van der Waals surface area (Å²) in [4.78, 5) is 0. The third-order valence-electron chi connectivity index (χ3n) is 4.20. The molecule has 2 nitrogen and oxygen atoms in total. The van der Waals surface area contributed by atoms with Crippen LogP contribution < -0.4 is 5.32 Å². The van der Waals surface area contributed by atoms with Gasteiger partial charge in [0.05, 0.1) is 0 Å². The number of benzene rings is 1. The number of hydrogen-bond acceptors (Lipinski definition) is 1. The fraction of sp³-hybridized carbons (Fsp3) is 0.467. The van der Waals surface area contributed by atoms with Gasteiger partial charge in [-0.1, -0.05) is 11.6 Å². The van der Waals surface area contributed by atoms with Crippen LogP contribution in [0.1, 0.15) is 24.1 Å². The van der Waals surface area contributed by atoms with Crippen molar-refractivity contribution < 1.29 is 0 Å². The molecule has 0 aliphatic carbocycles. The van der Waals surface area contributed by atoms with Crippen molar-refractivity contribution in [3.8, 4) is 0 Å². The number of hydrogen-bond donors (Lipinski definition) is 1. The van der Waals surface area contributed by atoms with Gasteiger partial charge < -0.3 is 9.88 Å². The van der Waals surface area contributed by atoms with Gasteiger partial charge in [-0.15, -0.1) is 0 Å². The number of aromatic nitrogens is 1. The zero-order valence-corrected chi connectivity index (χ0v) is 11.7. The average molecular weight is 263 g/mol. The fourth-order valence-corrected chi connectivity index (χ4v) is 3.23. The van der Waals surface area contributed by atoms with E-state index in [4.69, 9.17) is 11.6 Å². The number of rotatable bonds is 2. The SMILES string of the molecule is Cc1c(CC2CCCN2)c2cc(Cl)ccc2n1C. The molecule has 1 aromatic heterocycles. The first-order chi connectivity index (χ1) is 8.66. The molecule has 3 heteroatoms. The topological polar surface area (TPSA) is 17.0 Å². The van der Waals surface area contributed by atoms with Crippen molar-refractivity contribution in [1.29, 1.82) is 0 Å². The standard InChI is InChI=1S/C15H19ClN2/c1-10-13(9-12-4-3-7-17-12)14-8-11(16)5-6-15(14)18(10)2/h5-6,8,12,17H,3-4,7,9H2,1-2H3. The number of nitrogens with zero attached hydrogens (tertiary/aromatic N) is 1.